The molecule has 0 aliphatic carbocycles. The summed E-state index contributed by atoms with van der Waals surface area (Å²) in [5.74, 6) is 2.55. The van der Waals surface area contributed by atoms with Gasteiger partial charge in [0.05, 0.1) is 12.2 Å². The fourth-order valence-corrected chi connectivity index (χ4v) is 3.79. The van der Waals surface area contributed by atoms with Gasteiger partial charge >= 0.3 is 0 Å². The van der Waals surface area contributed by atoms with Crippen molar-refractivity contribution in [3.63, 3.8) is 0 Å². The van der Waals surface area contributed by atoms with Crippen LogP contribution >= 0.6 is 0 Å². The molecule has 5 rings (SSSR count). The minimum absolute atomic E-state index is 0.240. The second-order valence-corrected chi connectivity index (χ2v) is 7.75. The van der Waals surface area contributed by atoms with Crippen LogP contribution in [0.5, 0.6) is 17.4 Å². The number of nitrogens with zero attached hydrogens (tertiary/aromatic N) is 4. The Morgan fingerprint density at radius 1 is 1.03 bits per heavy atom. The Hall–Kier alpha value is -4.72. The summed E-state index contributed by atoms with van der Waals surface area (Å²) in [6, 6.07) is 20.4. The summed E-state index contributed by atoms with van der Waals surface area (Å²) in [6.45, 7) is 4.17. The number of imidazole rings is 1. The standard InChI is InChI=1S/C27H23N5O3/c1-3-34-23-13-8-19-6-4-5-7-22(19)26(23)27(33)31-20-9-11-21(12-10-20)35-25-16-24(29-18(2)30-25)32-15-14-28-17-32/h4-17H,3H2,1-2H3,(H,31,33). The number of carbonyl (C=O) groups excluding carboxylic acids is 1. The van der Waals surface area contributed by atoms with Crippen molar-refractivity contribution >= 4 is 22.4 Å². The Labute approximate surface area is 202 Å². The lowest BCUT2D eigenvalue weighted by molar-refractivity contribution is 0.102. The van der Waals surface area contributed by atoms with E-state index < -0.39 is 0 Å². The summed E-state index contributed by atoms with van der Waals surface area (Å²) in [5.41, 5.74) is 1.14. The summed E-state index contributed by atoms with van der Waals surface area (Å²) < 4.78 is 13.5. The summed E-state index contributed by atoms with van der Waals surface area (Å²) in [5, 5.41) is 4.78. The Balaban J connectivity index is 1.35. The van der Waals surface area contributed by atoms with Crippen molar-refractivity contribution in [2.45, 2.75) is 13.8 Å². The molecule has 0 aliphatic heterocycles. The lowest BCUT2D eigenvalue weighted by Gasteiger charge is -2.14. The number of ether oxygens (including phenoxy) is 2. The summed E-state index contributed by atoms with van der Waals surface area (Å²) >= 11 is 0. The van der Waals surface area contributed by atoms with Gasteiger partial charge in [-0.15, -0.1) is 0 Å². The third-order valence-electron chi connectivity index (χ3n) is 5.32. The minimum Gasteiger partial charge on any atom is -0.493 e. The molecule has 0 bridgehead atoms. The Morgan fingerprint density at radius 2 is 1.86 bits per heavy atom. The first kappa shape index (κ1) is 22.1. The summed E-state index contributed by atoms with van der Waals surface area (Å²) in [7, 11) is 0. The molecule has 5 aromatic rings. The number of aromatic nitrogens is 4. The normalized spacial score (nSPS) is 10.8. The molecule has 0 fully saturated rings. The van der Waals surface area contributed by atoms with Crippen LogP contribution in [-0.2, 0) is 0 Å². The molecule has 2 heterocycles. The molecule has 0 spiro atoms. The van der Waals surface area contributed by atoms with Crippen molar-refractivity contribution in [2.75, 3.05) is 11.9 Å². The maximum atomic E-state index is 13.2. The third kappa shape index (κ3) is 4.81. The van der Waals surface area contributed by atoms with E-state index >= 15 is 0 Å². The number of carbonyl (C=O) groups is 1. The highest BCUT2D eigenvalue weighted by Crippen LogP contribution is 2.30. The van der Waals surface area contributed by atoms with Gasteiger partial charge in [0.2, 0.25) is 5.88 Å². The Bertz CT molecular complexity index is 1480. The molecule has 0 radical (unpaired) electrons. The van der Waals surface area contributed by atoms with Crippen LogP contribution < -0.4 is 14.8 Å². The number of hydrogen-bond acceptors (Lipinski definition) is 6. The van der Waals surface area contributed by atoms with Crippen LogP contribution in [0.3, 0.4) is 0 Å². The summed E-state index contributed by atoms with van der Waals surface area (Å²) in [6.07, 6.45) is 5.15. The molecule has 174 valence electrons. The van der Waals surface area contributed by atoms with E-state index in [1.54, 1.807) is 60.5 Å². The van der Waals surface area contributed by atoms with Crippen LogP contribution in [0.4, 0.5) is 5.69 Å². The fraction of sp³-hybridized carbons (Fsp3) is 0.111. The molecule has 0 saturated carbocycles. The first-order valence-electron chi connectivity index (χ1n) is 11.2. The number of anilines is 1. The predicted molar refractivity (Wildman–Crippen MR) is 133 cm³/mol. The van der Waals surface area contributed by atoms with Crippen molar-refractivity contribution in [3.05, 3.63) is 96.8 Å². The fourth-order valence-electron chi connectivity index (χ4n) is 3.79. The zero-order valence-electron chi connectivity index (χ0n) is 19.3. The second-order valence-electron chi connectivity index (χ2n) is 7.75. The van der Waals surface area contributed by atoms with Gasteiger partial charge in [-0.25, -0.2) is 9.97 Å². The van der Waals surface area contributed by atoms with Crippen LogP contribution in [-0.4, -0.2) is 32.0 Å². The molecule has 0 atom stereocenters. The average molecular weight is 466 g/mol. The van der Waals surface area contributed by atoms with Crippen LogP contribution in [0.2, 0.25) is 0 Å². The minimum atomic E-state index is -0.240. The zero-order valence-corrected chi connectivity index (χ0v) is 19.3. The second kappa shape index (κ2) is 9.64. The van der Waals surface area contributed by atoms with Crippen molar-refractivity contribution in [2.24, 2.45) is 0 Å². The van der Waals surface area contributed by atoms with Gasteiger partial charge in [-0.05, 0) is 55.0 Å². The van der Waals surface area contributed by atoms with Crippen molar-refractivity contribution in [1.29, 1.82) is 0 Å². The highest BCUT2D eigenvalue weighted by Gasteiger charge is 2.17. The molecule has 0 unspecified atom stereocenters. The van der Waals surface area contributed by atoms with Gasteiger partial charge in [-0.3, -0.25) is 9.36 Å². The maximum Gasteiger partial charge on any atom is 0.260 e. The number of rotatable bonds is 7. The van der Waals surface area contributed by atoms with E-state index in [2.05, 4.69) is 20.3 Å². The first-order chi connectivity index (χ1) is 17.1. The largest absolute Gasteiger partial charge is 0.493 e. The average Bonchev–Trinajstić information content (AvgIpc) is 3.40. The maximum absolute atomic E-state index is 13.2. The number of aryl methyl sites for hydroxylation is 1. The van der Waals surface area contributed by atoms with Crippen molar-refractivity contribution in [3.8, 4) is 23.2 Å². The van der Waals surface area contributed by atoms with Gasteiger partial charge in [-0.2, -0.15) is 4.98 Å². The molecule has 3 aromatic carbocycles. The molecule has 1 N–H and O–H groups in total. The van der Waals surface area contributed by atoms with Crippen LogP contribution in [0.1, 0.15) is 23.1 Å². The Kier molecular flexibility index (Phi) is 6.09. The molecule has 8 nitrogen and oxygen atoms in total. The first-order valence-corrected chi connectivity index (χ1v) is 11.2. The summed E-state index contributed by atoms with van der Waals surface area (Å²) in [4.78, 5) is 26.1. The van der Waals surface area contributed by atoms with E-state index in [0.717, 1.165) is 10.8 Å². The van der Waals surface area contributed by atoms with E-state index in [4.69, 9.17) is 9.47 Å². The van der Waals surface area contributed by atoms with Gasteiger partial charge in [0, 0.05) is 24.1 Å². The van der Waals surface area contributed by atoms with Gasteiger partial charge in [0.25, 0.3) is 5.91 Å². The molecular weight excluding hydrogens is 442 g/mol. The van der Waals surface area contributed by atoms with Crippen molar-refractivity contribution in [1.82, 2.24) is 19.5 Å². The van der Waals surface area contributed by atoms with E-state index in [-0.39, 0.29) is 5.91 Å². The lowest BCUT2D eigenvalue weighted by Crippen LogP contribution is -2.14. The number of amides is 1. The van der Waals surface area contributed by atoms with Crippen LogP contribution in [0.25, 0.3) is 16.6 Å². The number of benzene rings is 3. The quantitative estimate of drug-likeness (QED) is 0.338. The number of nitrogens with one attached hydrogen (secondary N) is 1. The smallest absolute Gasteiger partial charge is 0.260 e. The highest BCUT2D eigenvalue weighted by atomic mass is 16.5. The highest BCUT2D eigenvalue weighted by molar-refractivity contribution is 6.15. The van der Waals surface area contributed by atoms with E-state index in [9.17, 15) is 4.79 Å². The van der Waals surface area contributed by atoms with E-state index in [1.807, 2.05) is 43.3 Å². The number of hydrogen-bond donors (Lipinski definition) is 1. The van der Waals surface area contributed by atoms with Gasteiger partial charge < -0.3 is 14.8 Å². The molecular formula is C27H23N5O3. The van der Waals surface area contributed by atoms with Gasteiger partial charge in [0.15, 0.2) is 0 Å². The van der Waals surface area contributed by atoms with Gasteiger partial charge in [0.1, 0.15) is 29.5 Å². The van der Waals surface area contributed by atoms with Crippen LogP contribution in [0, 0.1) is 6.92 Å². The third-order valence-corrected chi connectivity index (χ3v) is 5.32. The predicted octanol–water partition coefficient (Wildman–Crippen LogP) is 5.57. The van der Waals surface area contributed by atoms with E-state index in [1.165, 1.54) is 0 Å². The zero-order chi connectivity index (χ0) is 24.2. The molecule has 0 aliphatic rings. The Morgan fingerprint density at radius 3 is 2.63 bits per heavy atom. The molecule has 2 aromatic heterocycles. The number of fused-ring (bicyclic) bond motifs is 1. The van der Waals surface area contributed by atoms with Crippen molar-refractivity contribution < 1.29 is 14.3 Å². The van der Waals surface area contributed by atoms with Gasteiger partial charge in [-0.1, -0.05) is 30.3 Å². The van der Waals surface area contributed by atoms with Crippen LogP contribution in [0.15, 0.2) is 85.5 Å². The molecule has 35 heavy (non-hydrogen) atoms. The monoisotopic (exact) mass is 465 g/mol. The molecule has 0 saturated heterocycles. The SMILES string of the molecule is CCOc1ccc2ccccc2c1C(=O)Nc1ccc(Oc2cc(-n3ccnc3)nc(C)n2)cc1. The molecule has 1 amide bonds. The lowest BCUT2D eigenvalue weighted by atomic mass is 10.0. The van der Waals surface area contributed by atoms with E-state index in [0.29, 0.717) is 46.9 Å². The topological polar surface area (TPSA) is 91.2 Å². The molecule has 8 heteroatoms.